The Morgan fingerprint density at radius 1 is 1.46 bits per heavy atom. The summed E-state index contributed by atoms with van der Waals surface area (Å²) >= 11 is 11.4. The van der Waals surface area contributed by atoms with Gasteiger partial charge in [-0.15, -0.1) is 0 Å². The van der Waals surface area contributed by atoms with Gasteiger partial charge in [0.15, 0.2) is 0 Å². The van der Waals surface area contributed by atoms with Crippen LogP contribution in [0.4, 0.5) is 0 Å². The molecule has 0 aliphatic carbocycles. The summed E-state index contributed by atoms with van der Waals surface area (Å²) in [4.78, 5) is 2.36. The van der Waals surface area contributed by atoms with Gasteiger partial charge in [-0.2, -0.15) is 0 Å². The van der Waals surface area contributed by atoms with Gasteiger partial charge in [-0.05, 0) is 13.8 Å². The molecule has 2 nitrogen and oxygen atoms in total. The smallest absolute Gasteiger partial charge is 0.0434 e. The Hall–Kier alpha value is 0.240. The van der Waals surface area contributed by atoms with Crippen molar-refractivity contribution >= 4 is 23.2 Å². The first-order valence-electron chi connectivity index (χ1n) is 4.56. The van der Waals surface area contributed by atoms with Crippen LogP contribution in [0.15, 0.2) is 10.6 Å². The van der Waals surface area contributed by atoms with Crippen LogP contribution in [0, 0.1) is 0 Å². The normalized spacial score (nSPS) is 32.2. The van der Waals surface area contributed by atoms with Crippen LogP contribution in [-0.2, 0) is 0 Å². The van der Waals surface area contributed by atoms with Gasteiger partial charge in [-0.3, -0.25) is 4.90 Å². The Kier molecular flexibility index (Phi) is 4.53. The van der Waals surface area contributed by atoms with Gasteiger partial charge in [0, 0.05) is 42.3 Å². The summed E-state index contributed by atoms with van der Waals surface area (Å²) in [6, 6.07) is 1.04. The predicted molar refractivity (Wildman–Crippen MR) is 58.3 cm³/mol. The highest BCUT2D eigenvalue weighted by Crippen LogP contribution is 2.14. The van der Waals surface area contributed by atoms with Crippen molar-refractivity contribution in [3.05, 3.63) is 10.6 Å². The molecule has 0 amide bonds. The number of nitrogens with zero attached hydrogens (tertiary/aromatic N) is 1. The van der Waals surface area contributed by atoms with Gasteiger partial charge in [0.05, 0.1) is 0 Å². The molecule has 0 aromatic rings. The Labute approximate surface area is 89.9 Å². The van der Waals surface area contributed by atoms with E-state index in [4.69, 9.17) is 23.2 Å². The van der Waals surface area contributed by atoms with Crippen LogP contribution in [0.1, 0.15) is 13.8 Å². The number of hydrogen-bond acceptors (Lipinski definition) is 2. The molecule has 0 aromatic carbocycles. The van der Waals surface area contributed by atoms with Crippen molar-refractivity contribution in [2.24, 2.45) is 0 Å². The quantitative estimate of drug-likeness (QED) is 0.770. The molecule has 1 N–H and O–H groups in total. The average Bonchev–Trinajstić information content (AvgIpc) is 2.11. The largest absolute Gasteiger partial charge is 0.314 e. The minimum atomic E-state index is 0.522. The molecule has 2 unspecified atom stereocenters. The molecule has 0 radical (unpaired) electrons. The van der Waals surface area contributed by atoms with E-state index in [0.717, 1.165) is 19.6 Å². The Balaban J connectivity index is 2.53. The zero-order valence-electron chi connectivity index (χ0n) is 8.06. The van der Waals surface area contributed by atoms with Crippen LogP contribution in [-0.4, -0.2) is 36.6 Å². The molecule has 13 heavy (non-hydrogen) atoms. The van der Waals surface area contributed by atoms with Crippen molar-refractivity contribution in [1.29, 1.82) is 0 Å². The first-order valence-corrected chi connectivity index (χ1v) is 5.37. The molecule has 1 aliphatic heterocycles. The zero-order chi connectivity index (χ0) is 9.84. The lowest BCUT2D eigenvalue weighted by Gasteiger charge is -2.39. The molecule has 0 aromatic heterocycles. The minimum Gasteiger partial charge on any atom is -0.314 e. The van der Waals surface area contributed by atoms with Crippen molar-refractivity contribution in [2.75, 3.05) is 19.6 Å². The summed E-state index contributed by atoms with van der Waals surface area (Å²) in [7, 11) is 0. The second-order valence-corrected chi connectivity index (χ2v) is 4.29. The summed E-state index contributed by atoms with van der Waals surface area (Å²) in [5, 5.41) is 4.08. The molecule has 0 bridgehead atoms. The van der Waals surface area contributed by atoms with Crippen LogP contribution < -0.4 is 5.32 Å². The summed E-state index contributed by atoms with van der Waals surface area (Å²) < 4.78 is 0. The van der Waals surface area contributed by atoms with Gasteiger partial charge < -0.3 is 5.32 Å². The first-order chi connectivity index (χ1) is 6.15. The molecular formula is C9H16Cl2N2. The lowest BCUT2D eigenvalue weighted by Crippen LogP contribution is -2.55. The maximum Gasteiger partial charge on any atom is 0.0434 e. The summed E-state index contributed by atoms with van der Waals surface area (Å²) in [6.07, 6.45) is 0. The second-order valence-electron chi connectivity index (χ2n) is 3.58. The Morgan fingerprint density at radius 3 is 2.46 bits per heavy atom. The SMILES string of the molecule is CC1CNCC(C)N1CC(Cl)=CCl. The third-order valence-corrected chi connectivity index (χ3v) is 3.07. The maximum absolute atomic E-state index is 5.90. The number of rotatable bonds is 2. The molecular weight excluding hydrogens is 207 g/mol. The molecule has 0 saturated carbocycles. The van der Waals surface area contributed by atoms with Crippen LogP contribution >= 0.6 is 23.2 Å². The van der Waals surface area contributed by atoms with Crippen molar-refractivity contribution in [2.45, 2.75) is 25.9 Å². The minimum absolute atomic E-state index is 0.522. The monoisotopic (exact) mass is 222 g/mol. The van der Waals surface area contributed by atoms with Gasteiger partial charge in [-0.1, -0.05) is 23.2 Å². The van der Waals surface area contributed by atoms with E-state index in [2.05, 4.69) is 24.1 Å². The van der Waals surface area contributed by atoms with Crippen LogP contribution in [0.5, 0.6) is 0 Å². The third-order valence-electron chi connectivity index (χ3n) is 2.46. The predicted octanol–water partition coefficient (Wildman–Crippen LogP) is 1.99. The molecule has 4 heteroatoms. The lowest BCUT2D eigenvalue weighted by atomic mass is 10.1. The fourth-order valence-electron chi connectivity index (χ4n) is 1.69. The van der Waals surface area contributed by atoms with Crippen molar-refractivity contribution in [3.8, 4) is 0 Å². The van der Waals surface area contributed by atoms with E-state index in [1.165, 1.54) is 5.54 Å². The molecule has 1 saturated heterocycles. The molecule has 0 spiro atoms. The zero-order valence-corrected chi connectivity index (χ0v) is 9.57. The van der Waals surface area contributed by atoms with Crippen molar-refractivity contribution in [1.82, 2.24) is 10.2 Å². The van der Waals surface area contributed by atoms with E-state index in [1.54, 1.807) is 0 Å². The van der Waals surface area contributed by atoms with Crippen LogP contribution in [0.25, 0.3) is 0 Å². The number of nitrogens with one attached hydrogen (secondary N) is 1. The maximum atomic E-state index is 5.90. The van der Waals surface area contributed by atoms with Gasteiger partial charge >= 0.3 is 0 Å². The number of hydrogen-bond donors (Lipinski definition) is 1. The fraction of sp³-hybridized carbons (Fsp3) is 0.778. The fourth-order valence-corrected chi connectivity index (χ4v) is 1.90. The van der Waals surface area contributed by atoms with E-state index in [1.807, 2.05) is 0 Å². The molecule has 2 atom stereocenters. The number of piperazine rings is 1. The van der Waals surface area contributed by atoms with Gasteiger partial charge in [-0.25, -0.2) is 0 Å². The van der Waals surface area contributed by atoms with E-state index in [-0.39, 0.29) is 0 Å². The third kappa shape index (κ3) is 3.13. The highest BCUT2D eigenvalue weighted by Gasteiger charge is 2.24. The Bertz CT molecular complexity index is 184. The molecule has 1 fully saturated rings. The highest BCUT2D eigenvalue weighted by molar-refractivity contribution is 6.36. The van der Waals surface area contributed by atoms with E-state index in [0.29, 0.717) is 17.1 Å². The van der Waals surface area contributed by atoms with E-state index >= 15 is 0 Å². The lowest BCUT2D eigenvalue weighted by molar-refractivity contribution is 0.131. The van der Waals surface area contributed by atoms with Crippen molar-refractivity contribution < 1.29 is 0 Å². The second kappa shape index (κ2) is 5.20. The van der Waals surface area contributed by atoms with Crippen LogP contribution in [0.2, 0.25) is 0 Å². The van der Waals surface area contributed by atoms with E-state index < -0.39 is 0 Å². The van der Waals surface area contributed by atoms with Crippen LogP contribution in [0.3, 0.4) is 0 Å². The Morgan fingerprint density at radius 2 is 2.00 bits per heavy atom. The van der Waals surface area contributed by atoms with Gasteiger partial charge in [0.1, 0.15) is 0 Å². The molecule has 76 valence electrons. The number of halogens is 2. The first kappa shape index (κ1) is 11.3. The average molecular weight is 223 g/mol. The summed E-state index contributed by atoms with van der Waals surface area (Å²) in [5.74, 6) is 0. The van der Waals surface area contributed by atoms with Gasteiger partial charge in [0.25, 0.3) is 0 Å². The summed E-state index contributed by atoms with van der Waals surface area (Å²) in [5.41, 5.74) is 1.45. The van der Waals surface area contributed by atoms with Gasteiger partial charge in [0.2, 0.25) is 0 Å². The van der Waals surface area contributed by atoms with E-state index in [9.17, 15) is 0 Å². The molecule has 1 aliphatic rings. The standard InChI is InChI=1S/C9H16Cl2N2/c1-7-4-12-5-8(2)13(7)6-9(11)3-10/h3,7-8,12H,4-6H2,1-2H3. The molecule has 1 heterocycles. The molecule has 1 rings (SSSR count). The summed E-state index contributed by atoms with van der Waals surface area (Å²) in [6.45, 7) is 7.20. The van der Waals surface area contributed by atoms with Crippen molar-refractivity contribution in [3.63, 3.8) is 0 Å². The highest BCUT2D eigenvalue weighted by atomic mass is 35.5. The topological polar surface area (TPSA) is 15.3 Å².